The van der Waals surface area contributed by atoms with Crippen LogP contribution < -0.4 is 19.9 Å². The van der Waals surface area contributed by atoms with Crippen LogP contribution in [0.1, 0.15) is 17.3 Å². The van der Waals surface area contributed by atoms with Gasteiger partial charge in [0.2, 0.25) is 10.0 Å². The van der Waals surface area contributed by atoms with Crippen molar-refractivity contribution >= 4 is 15.9 Å². The maximum absolute atomic E-state index is 12.0. The summed E-state index contributed by atoms with van der Waals surface area (Å²) in [5.74, 6) is 1.12. The zero-order valence-electron chi connectivity index (χ0n) is 13.8. The molecule has 0 aliphatic heterocycles. The number of sulfonamides is 1. The van der Waals surface area contributed by atoms with Crippen LogP contribution in [0.5, 0.6) is 11.5 Å². The van der Waals surface area contributed by atoms with Crippen LogP contribution in [-0.2, 0) is 10.0 Å². The van der Waals surface area contributed by atoms with Gasteiger partial charge in [-0.25, -0.2) is 13.6 Å². The van der Waals surface area contributed by atoms with E-state index in [0.29, 0.717) is 31.1 Å². The van der Waals surface area contributed by atoms with E-state index in [1.165, 1.54) is 24.3 Å². The minimum absolute atomic E-state index is 0.0390. The third-order valence-electron chi connectivity index (χ3n) is 3.24. The van der Waals surface area contributed by atoms with E-state index in [1.807, 2.05) is 19.1 Å². The van der Waals surface area contributed by atoms with Crippen molar-refractivity contribution in [2.24, 2.45) is 5.14 Å². The Morgan fingerprint density at radius 3 is 2.08 bits per heavy atom. The topological polar surface area (TPSA) is 108 Å². The first-order valence-electron chi connectivity index (χ1n) is 7.67. The van der Waals surface area contributed by atoms with Crippen LogP contribution in [0.15, 0.2) is 53.4 Å². The molecule has 0 atom stereocenters. The molecule has 0 saturated carbocycles. The number of primary sulfonamides is 1. The second-order valence-electron chi connectivity index (χ2n) is 5.08. The van der Waals surface area contributed by atoms with Crippen LogP contribution in [0.4, 0.5) is 0 Å². The number of hydrogen-bond acceptors (Lipinski definition) is 5. The predicted molar refractivity (Wildman–Crippen MR) is 93.3 cm³/mol. The smallest absolute Gasteiger partial charge is 0.251 e. The second kappa shape index (κ2) is 8.50. The minimum Gasteiger partial charge on any atom is -0.494 e. The van der Waals surface area contributed by atoms with E-state index in [2.05, 4.69) is 5.32 Å². The first-order valence-corrected chi connectivity index (χ1v) is 9.21. The number of carbonyl (C=O) groups is 1. The highest BCUT2D eigenvalue weighted by molar-refractivity contribution is 7.89. The van der Waals surface area contributed by atoms with Gasteiger partial charge in [0, 0.05) is 5.56 Å². The van der Waals surface area contributed by atoms with Crippen molar-refractivity contribution in [3.63, 3.8) is 0 Å². The molecule has 0 aliphatic carbocycles. The molecule has 3 N–H and O–H groups in total. The lowest BCUT2D eigenvalue weighted by Crippen LogP contribution is -2.28. The molecule has 0 saturated heterocycles. The Labute approximate surface area is 146 Å². The fourth-order valence-corrected chi connectivity index (χ4v) is 2.55. The lowest BCUT2D eigenvalue weighted by molar-refractivity contribution is 0.0947. The summed E-state index contributed by atoms with van der Waals surface area (Å²) in [6.07, 6.45) is 0. The summed E-state index contributed by atoms with van der Waals surface area (Å²) < 4.78 is 33.2. The molecule has 2 rings (SSSR count). The van der Waals surface area contributed by atoms with Crippen molar-refractivity contribution in [2.45, 2.75) is 11.8 Å². The number of ether oxygens (including phenoxy) is 2. The van der Waals surface area contributed by atoms with Gasteiger partial charge in [-0.15, -0.1) is 0 Å². The van der Waals surface area contributed by atoms with E-state index in [1.54, 1.807) is 12.1 Å². The highest BCUT2D eigenvalue weighted by Crippen LogP contribution is 2.17. The third-order valence-corrected chi connectivity index (χ3v) is 4.17. The number of nitrogens with one attached hydrogen (secondary N) is 1. The molecule has 0 radical (unpaired) electrons. The first kappa shape index (κ1) is 18.8. The standard InChI is InChI=1S/C17H20N2O5S/c1-2-23-14-5-7-15(8-6-14)24-12-11-19-17(20)13-3-9-16(10-4-13)25(18,21)22/h3-10H,2,11-12H2,1H3,(H,19,20)(H2,18,21,22). The van der Waals surface area contributed by atoms with Crippen molar-refractivity contribution in [3.05, 3.63) is 54.1 Å². The summed E-state index contributed by atoms with van der Waals surface area (Å²) in [6, 6.07) is 12.6. The normalized spacial score (nSPS) is 11.0. The van der Waals surface area contributed by atoms with Gasteiger partial charge in [-0.1, -0.05) is 0 Å². The van der Waals surface area contributed by atoms with Gasteiger partial charge in [-0.2, -0.15) is 0 Å². The maximum Gasteiger partial charge on any atom is 0.251 e. The fourth-order valence-electron chi connectivity index (χ4n) is 2.03. The fraction of sp³-hybridized carbons (Fsp3) is 0.235. The molecule has 0 aromatic heterocycles. The maximum atomic E-state index is 12.0. The molecule has 0 spiro atoms. The van der Waals surface area contributed by atoms with E-state index in [-0.39, 0.29) is 10.8 Å². The van der Waals surface area contributed by atoms with Crippen LogP contribution in [0.2, 0.25) is 0 Å². The highest BCUT2D eigenvalue weighted by atomic mass is 32.2. The van der Waals surface area contributed by atoms with Gasteiger partial charge < -0.3 is 14.8 Å². The van der Waals surface area contributed by atoms with Crippen molar-refractivity contribution in [3.8, 4) is 11.5 Å². The van der Waals surface area contributed by atoms with Crippen molar-refractivity contribution in [1.29, 1.82) is 0 Å². The molecular weight excluding hydrogens is 344 g/mol. The van der Waals surface area contributed by atoms with Crippen LogP contribution >= 0.6 is 0 Å². The largest absolute Gasteiger partial charge is 0.494 e. The van der Waals surface area contributed by atoms with Crippen molar-refractivity contribution in [1.82, 2.24) is 5.32 Å². The summed E-state index contributed by atoms with van der Waals surface area (Å²) >= 11 is 0. The molecule has 134 valence electrons. The Hall–Kier alpha value is -2.58. The summed E-state index contributed by atoms with van der Waals surface area (Å²) in [6.45, 7) is 3.12. The summed E-state index contributed by atoms with van der Waals surface area (Å²) in [4.78, 5) is 11.9. The number of rotatable bonds is 8. The third kappa shape index (κ3) is 5.77. The van der Waals surface area contributed by atoms with E-state index >= 15 is 0 Å². The van der Waals surface area contributed by atoms with Gasteiger partial charge in [-0.05, 0) is 55.5 Å². The summed E-state index contributed by atoms with van der Waals surface area (Å²) in [7, 11) is -3.76. The van der Waals surface area contributed by atoms with Gasteiger partial charge in [0.25, 0.3) is 5.91 Å². The van der Waals surface area contributed by atoms with Gasteiger partial charge in [0.15, 0.2) is 0 Å². The van der Waals surface area contributed by atoms with E-state index in [4.69, 9.17) is 14.6 Å². The predicted octanol–water partition coefficient (Wildman–Crippen LogP) is 1.54. The molecule has 0 fully saturated rings. The Bertz CT molecular complexity index is 802. The molecule has 2 aromatic rings. The zero-order valence-corrected chi connectivity index (χ0v) is 14.6. The summed E-state index contributed by atoms with van der Waals surface area (Å²) in [5.41, 5.74) is 0.341. The molecular formula is C17H20N2O5S. The van der Waals surface area contributed by atoms with Gasteiger partial charge in [0.1, 0.15) is 18.1 Å². The molecule has 1 amide bonds. The lowest BCUT2D eigenvalue weighted by Gasteiger charge is -2.09. The van der Waals surface area contributed by atoms with Crippen LogP contribution in [0, 0.1) is 0 Å². The molecule has 0 aliphatic rings. The van der Waals surface area contributed by atoms with E-state index in [9.17, 15) is 13.2 Å². The molecule has 7 nitrogen and oxygen atoms in total. The number of benzene rings is 2. The minimum atomic E-state index is -3.76. The number of carbonyl (C=O) groups excluding carboxylic acids is 1. The summed E-state index contributed by atoms with van der Waals surface area (Å²) in [5, 5.41) is 7.70. The Morgan fingerprint density at radius 2 is 1.56 bits per heavy atom. The van der Waals surface area contributed by atoms with E-state index in [0.717, 1.165) is 5.75 Å². The van der Waals surface area contributed by atoms with Gasteiger partial charge >= 0.3 is 0 Å². The monoisotopic (exact) mass is 364 g/mol. The Balaban J connectivity index is 1.78. The average Bonchev–Trinajstić information content (AvgIpc) is 2.59. The molecule has 0 unspecified atom stereocenters. The quantitative estimate of drug-likeness (QED) is 0.691. The van der Waals surface area contributed by atoms with E-state index < -0.39 is 10.0 Å². The van der Waals surface area contributed by atoms with Crippen LogP contribution in [0.3, 0.4) is 0 Å². The number of hydrogen-bond donors (Lipinski definition) is 2. The molecule has 0 bridgehead atoms. The molecule has 0 heterocycles. The average molecular weight is 364 g/mol. The number of amides is 1. The Kier molecular flexibility index (Phi) is 6.37. The van der Waals surface area contributed by atoms with Crippen LogP contribution in [0.25, 0.3) is 0 Å². The Morgan fingerprint density at radius 1 is 1.00 bits per heavy atom. The molecule has 2 aromatic carbocycles. The SMILES string of the molecule is CCOc1ccc(OCCNC(=O)c2ccc(S(N)(=O)=O)cc2)cc1. The van der Waals surface area contributed by atoms with Crippen molar-refractivity contribution in [2.75, 3.05) is 19.8 Å². The first-order chi connectivity index (χ1) is 11.9. The van der Waals surface area contributed by atoms with Crippen molar-refractivity contribution < 1.29 is 22.7 Å². The zero-order chi connectivity index (χ0) is 18.3. The molecule has 25 heavy (non-hydrogen) atoms. The lowest BCUT2D eigenvalue weighted by atomic mass is 10.2. The van der Waals surface area contributed by atoms with Gasteiger partial charge in [-0.3, -0.25) is 4.79 Å². The highest BCUT2D eigenvalue weighted by Gasteiger charge is 2.10. The second-order valence-corrected chi connectivity index (χ2v) is 6.64. The van der Waals surface area contributed by atoms with Crippen LogP contribution in [-0.4, -0.2) is 34.1 Å². The molecule has 8 heteroatoms. The number of nitrogens with two attached hydrogens (primary N) is 1. The van der Waals surface area contributed by atoms with Gasteiger partial charge in [0.05, 0.1) is 18.0 Å².